The Kier molecular flexibility index (Phi) is 10.7. The molecule has 7 nitrogen and oxygen atoms in total. The number of rotatable bonds is 11. The third kappa shape index (κ3) is 6.66. The number of esters is 1. The van der Waals surface area contributed by atoms with E-state index >= 15 is 0 Å². The summed E-state index contributed by atoms with van der Waals surface area (Å²) in [5, 5.41) is 12.8. The van der Waals surface area contributed by atoms with Crippen molar-refractivity contribution in [2.75, 3.05) is 0 Å². The Morgan fingerprint density at radius 3 is 2.12 bits per heavy atom. The van der Waals surface area contributed by atoms with Gasteiger partial charge >= 0.3 is 11.9 Å². The third-order valence-electron chi connectivity index (χ3n) is 16.7. The van der Waals surface area contributed by atoms with Gasteiger partial charge < -0.3 is 15.2 Å². The van der Waals surface area contributed by atoms with Crippen molar-refractivity contribution in [1.82, 2.24) is 5.32 Å². The highest BCUT2D eigenvalue weighted by atomic mass is 16.5. The average Bonchev–Trinajstić information content (AvgIpc) is 3.37. The van der Waals surface area contributed by atoms with E-state index in [-0.39, 0.29) is 51.3 Å². The Morgan fingerprint density at radius 1 is 0.863 bits per heavy atom. The molecule has 0 radical (unpaired) electrons. The Labute approximate surface area is 309 Å². The highest BCUT2D eigenvalue weighted by Gasteiger charge is 2.71. The Morgan fingerprint density at radius 2 is 1.53 bits per heavy atom. The van der Waals surface area contributed by atoms with E-state index in [1.165, 1.54) is 18.4 Å². The van der Waals surface area contributed by atoms with Crippen LogP contribution in [0.15, 0.2) is 12.2 Å². The summed E-state index contributed by atoms with van der Waals surface area (Å²) in [6.45, 7) is 28.1. The minimum Gasteiger partial charge on any atom is -0.481 e. The summed E-state index contributed by atoms with van der Waals surface area (Å²) in [4.78, 5) is 51.2. The van der Waals surface area contributed by atoms with Gasteiger partial charge in [0.25, 0.3) is 0 Å². The maximum absolute atomic E-state index is 13.9. The molecule has 0 aromatic rings. The van der Waals surface area contributed by atoms with Crippen molar-refractivity contribution < 1.29 is 29.0 Å². The molecule has 288 valence electrons. The number of amides is 1. The number of carboxylic acids is 1. The smallest absolute Gasteiger partial charge is 0.309 e. The van der Waals surface area contributed by atoms with Crippen LogP contribution in [0.5, 0.6) is 0 Å². The van der Waals surface area contributed by atoms with Crippen LogP contribution in [0.3, 0.4) is 0 Å². The lowest BCUT2D eigenvalue weighted by Gasteiger charge is -2.73. The number of aliphatic carboxylic acids is 1. The van der Waals surface area contributed by atoms with Crippen molar-refractivity contribution in [1.29, 1.82) is 0 Å². The van der Waals surface area contributed by atoms with E-state index < -0.39 is 23.4 Å². The summed E-state index contributed by atoms with van der Waals surface area (Å²) in [5.41, 5.74) is 0.247. The number of allylic oxidation sites excluding steroid dienone is 1. The van der Waals surface area contributed by atoms with Gasteiger partial charge in [0.2, 0.25) is 5.91 Å². The molecule has 5 saturated carbocycles. The standard InChI is InChI=1S/C44H71NO6/c1-26(2)23-31(28(5)46)45-35(47)24-44-20-15-29(27(3)4)37(44)30-13-14-33-41(10)18-17-34(51-36(48)25-39(6,7)38(49)50)40(8,9)32(41)16-19-43(33,12)42(30,11)21-22-44/h26,29-34,37H,3,13-25H2,1-2,4-12H3,(H,45,47)(H,49,50)/t29-,30+,31?,32-,33+,34-,37+,41-,42+,43+,44+/m0/s1. The van der Waals surface area contributed by atoms with E-state index in [1.807, 2.05) is 0 Å². The van der Waals surface area contributed by atoms with Gasteiger partial charge in [-0.05, 0) is 155 Å². The number of carboxylic acid groups (broad SMARTS) is 1. The van der Waals surface area contributed by atoms with Crippen LogP contribution in [-0.4, -0.2) is 40.9 Å². The predicted octanol–water partition coefficient (Wildman–Crippen LogP) is 9.57. The molecule has 0 aromatic heterocycles. The van der Waals surface area contributed by atoms with Crippen LogP contribution in [0, 0.1) is 68.0 Å². The van der Waals surface area contributed by atoms with Gasteiger partial charge in [-0.2, -0.15) is 0 Å². The quantitative estimate of drug-likeness (QED) is 0.163. The number of Topliss-reactive ketones (excluding diaryl/α,β-unsaturated/α-hetero) is 1. The molecule has 0 aromatic carbocycles. The van der Waals surface area contributed by atoms with Gasteiger partial charge in [-0.1, -0.05) is 60.6 Å². The van der Waals surface area contributed by atoms with Gasteiger partial charge in [-0.25, -0.2) is 0 Å². The largest absolute Gasteiger partial charge is 0.481 e. The second-order valence-corrected chi connectivity index (χ2v) is 20.8. The fraction of sp³-hybridized carbons (Fsp3) is 0.864. The summed E-state index contributed by atoms with van der Waals surface area (Å²) in [7, 11) is 0. The van der Waals surface area contributed by atoms with Crippen molar-refractivity contribution >= 4 is 23.6 Å². The normalized spacial score (nSPS) is 40.5. The summed E-state index contributed by atoms with van der Waals surface area (Å²) in [5.74, 6) is 1.36. The zero-order chi connectivity index (χ0) is 38.1. The first-order valence-corrected chi connectivity index (χ1v) is 20.3. The molecule has 11 atom stereocenters. The molecule has 51 heavy (non-hydrogen) atoms. The molecule has 5 rings (SSSR count). The maximum atomic E-state index is 13.9. The predicted molar refractivity (Wildman–Crippen MR) is 202 cm³/mol. The third-order valence-corrected chi connectivity index (χ3v) is 16.7. The lowest BCUT2D eigenvalue weighted by molar-refractivity contribution is -0.250. The summed E-state index contributed by atoms with van der Waals surface area (Å²) in [6, 6.07) is -0.413. The molecule has 5 aliphatic rings. The molecule has 0 bridgehead atoms. The van der Waals surface area contributed by atoms with Crippen molar-refractivity contribution in [3.8, 4) is 0 Å². The maximum Gasteiger partial charge on any atom is 0.309 e. The number of ether oxygens (including phenoxy) is 1. The molecule has 1 amide bonds. The van der Waals surface area contributed by atoms with Crippen LogP contribution >= 0.6 is 0 Å². The molecule has 7 heteroatoms. The highest BCUT2D eigenvalue weighted by molar-refractivity contribution is 5.87. The molecular weight excluding hydrogens is 638 g/mol. The number of carbonyl (C=O) groups is 4. The van der Waals surface area contributed by atoms with E-state index in [9.17, 15) is 24.3 Å². The monoisotopic (exact) mass is 710 g/mol. The van der Waals surface area contributed by atoms with Crippen LogP contribution in [0.25, 0.3) is 0 Å². The van der Waals surface area contributed by atoms with E-state index in [0.717, 1.165) is 51.4 Å². The van der Waals surface area contributed by atoms with E-state index in [4.69, 9.17) is 4.74 Å². The average molecular weight is 710 g/mol. The van der Waals surface area contributed by atoms with Gasteiger partial charge in [0.15, 0.2) is 5.78 Å². The number of fused-ring (bicyclic) bond motifs is 7. The van der Waals surface area contributed by atoms with Crippen LogP contribution in [-0.2, 0) is 23.9 Å². The number of hydrogen-bond acceptors (Lipinski definition) is 5. The molecule has 5 fully saturated rings. The Bertz CT molecular complexity index is 1410. The molecule has 0 heterocycles. The van der Waals surface area contributed by atoms with Crippen LogP contribution in [0.4, 0.5) is 0 Å². The number of carbonyl (C=O) groups excluding carboxylic acids is 3. The summed E-state index contributed by atoms with van der Waals surface area (Å²) < 4.78 is 6.17. The van der Waals surface area contributed by atoms with E-state index in [0.29, 0.717) is 48.3 Å². The molecular formula is C44H71NO6. The molecule has 0 spiro atoms. The van der Waals surface area contributed by atoms with E-state index in [2.05, 4.69) is 67.3 Å². The van der Waals surface area contributed by atoms with Gasteiger partial charge in [0.1, 0.15) is 6.10 Å². The minimum atomic E-state index is -1.15. The first kappa shape index (κ1) is 40.0. The van der Waals surface area contributed by atoms with Crippen molar-refractivity contribution in [3.63, 3.8) is 0 Å². The number of hydrogen-bond donors (Lipinski definition) is 2. The SMILES string of the molecule is C=C(C)[C@@H]1CC[C@]2(CC(=O)NC(CC(C)C)C(C)=O)CC[C@]3(C)[C@H](CC[C@@H]4[C@@]5(C)CC[C@H](OC(=O)CC(C)(C)C(=O)O)C(C)(C)[C@@H]5CC[C@]43C)[C@@H]12. The van der Waals surface area contributed by atoms with Crippen molar-refractivity contribution in [3.05, 3.63) is 12.2 Å². The van der Waals surface area contributed by atoms with Gasteiger partial charge in [-0.15, -0.1) is 0 Å². The van der Waals surface area contributed by atoms with Crippen LogP contribution in [0.2, 0.25) is 0 Å². The first-order chi connectivity index (χ1) is 23.4. The minimum absolute atomic E-state index is 0.0430. The summed E-state index contributed by atoms with van der Waals surface area (Å²) >= 11 is 0. The molecule has 0 aliphatic heterocycles. The van der Waals surface area contributed by atoms with Crippen LogP contribution < -0.4 is 5.32 Å². The fourth-order valence-electron chi connectivity index (χ4n) is 13.8. The van der Waals surface area contributed by atoms with Gasteiger partial charge in [0.05, 0.1) is 17.9 Å². The Hall–Kier alpha value is -2.18. The summed E-state index contributed by atoms with van der Waals surface area (Å²) in [6.07, 6.45) is 11.6. The number of nitrogens with one attached hydrogen (secondary N) is 1. The lowest BCUT2D eigenvalue weighted by atomic mass is 9.32. The fourth-order valence-corrected chi connectivity index (χ4v) is 13.8. The van der Waals surface area contributed by atoms with Crippen molar-refractivity contribution in [2.24, 2.45) is 68.0 Å². The van der Waals surface area contributed by atoms with Gasteiger partial charge in [0, 0.05) is 11.8 Å². The van der Waals surface area contributed by atoms with E-state index in [1.54, 1.807) is 20.8 Å². The molecule has 5 aliphatic carbocycles. The molecule has 2 N–H and O–H groups in total. The second-order valence-electron chi connectivity index (χ2n) is 20.8. The topological polar surface area (TPSA) is 110 Å². The molecule has 1 unspecified atom stereocenters. The first-order valence-electron chi connectivity index (χ1n) is 20.3. The van der Waals surface area contributed by atoms with Crippen LogP contribution in [0.1, 0.15) is 160 Å². The zero-order valence-corrected chi connectivity index (χ0v) is 34.0. The zero-order valence-electron chi connectivity index (χ0n) is 34.0. The lowest BCUT2D eigenvalue weighted by Crippen LogP contribution is -2.67. The van der Waals surface area contributed by atoms with Gasteiger partial charge in [-0.3, -0.25) is 19.2 Å². The molecule has 0 saturated heterocycles. The highest BCUT2D eigenvalue weighted by Crippen LogP contribution is 2.78. The second kappa shape index (κ2) is 13.6. The Balaban J connectivity index is 1.39. The number of ketones is 1. The van der Waals surface area contributed by atoms with Crippen molar-refractivity contribution in [2.45, 2.75) is 172 Å².